The number of amides is 1. The van der Waals surface area contributed by atoms with Gasteiger partial charge in [-0.2, -0.15) is 13.2 Å². The van der Waals surface area contributed by atoms with E-state index in [0.717, 1.165) is 37.8 Å². The van der Waals surface area contributed by atoms with Crippen molar-refractivity contribution in [1.82, 2.24) is 5.32 Å². The first kappa shape index (κ1) is 16.1. The minimum Gasteiger partial charge on any atom is -0.352 e. The fourth-order valence-corrected chi connectivity index (χ4v) is 2.73. The lowest BCUT2D eigenvalue weighted by Crippen LogP contribution is -2.35. The van der Waals surface area contributed by atoms with Gasteiger partial charge in [0.15, 0.2) is 0 Å². The maximum Gasteiger partial charge on any atom is 0.416 e. The Morgan fingerprint density at radius 1 is 1.29 bits per heavy atom. The third-order valence-electron chi connectivity index (χ3n) is 3.53. The molecule has 1 aliphatic carbocycles. The number of hydrogen-bond acceptors (Lipinski definition) is 1. The third-order valence-corrected chi connectivity index (χ3v) is 3.96. The predicted molar refractivity (Wildman–Crippen MR) is 70.4 cm³/mol. The molecule has 1 unspecified atom stereocenters. The minimum absolute atomic E-state index is 0.0477. The second-order valence-corrected chi connectivity index (χ2v) is 5.52. The summed E-state index contributed by atoms with van der Waals surface area (Å²) in [6.45, 7) is 0. The van der Waals surface area contributed by atoms with Crippen LogP contribution in [0.15, 0.2) is 18.2 Å². The summed E-state index contributed by atoms with van der Waals surface area (Å²) in [5.74, 6) is -1.70. The lowest BCUT2D eigenvalue weighted by Gasteiger charge is -2.19. The Kier molecular flexibility index (Phi) is 4.76. The van der Waals surface area contributed by atoms with Gasteiger partial charge >= 0.3 is 6.18 Å². The monoisotopic (exact) mass is 323 g/mol. The summed E-state index contributed by atoms with van der Waals surface area (Å²) in [5, 5.41) is 1.14. The quantitative estimate of drug-likeness (QED) is 0.656. The van der Waals surface area contributed by atoms with Gasteiger partial charge in [-0.3, -0.25) is 4.79 Å². The molecule has 0 heterocycles. The van der Waals surface area contributed by atoms with Crippen LogP contribution in [0.3, 0.4) is 0 Å². The number of halogens is 5. The van der Waals surface area contributed by atoms with Gasteiger partial charge in [-0.1, -0.05) is 18.9 Å². The first-order valence-corrected chi connectivity index (χ1v) is 7.04. The summed E-state index contributed by atoms with van der Waals surface area (Å²) in [7, 11) is 0. The van der Waals surface area contributed by atoms with Gasteiger partial charge in [-0.15, -0.1) is 11.6 Å². The molecule has 1 fully saturated rings. The molecular weight excluding hydrogens is 310 g/mol. The van der Waals surface area contributed by atoms with Crippen LogP contribution >= 0.6 is 11.6 Å². The van der Waals surface area contributed by atoms with Crippen molar-refractivity contribution in [1.29, 1.82) is 0 Å². The molecule has 0 spiro atoms. The molecule has 2 nitrogen and oxygen atoms in total. The fourth-order valence-electron chi connectivity index (χ4n) is 2.48. The van der Waals surface area contributed by atoms with Crippen molar-refractivity contribution >= 4 is 17.5 Å². The van der Waals surface area contributed by atoms with Crippen LogP contribution in [0.5, 0.6) is 0 Å². The molecule has 2 rings (SSSR count). The summed E-state index contributed by atoms with van der Waals surface area (Å²) >= 11 is 5.86. The molecule has 0 radical (unpaired) electrons. The standard InChI is InChI=1S/C14H14ClF4NO/c15-12(13(21)20-9-3-1-2-4-9)10-6-5-8(16)7-11(10)14(17,18)19/h5-7,9,12H,1-4H2,(H,20,21). The number of hydrogen-bond donors (Lipinski definition) is 1. The molecular formula is C14H14ClF4NO. The van der Waals surface area contributed by atoms with E-state index < -0.39 is 34.4 Å². The smallest absolute Gasteiger partial charge is 0.352 e. The topological polar surface area (TPSA) is 29.1 Å². The Morgan fingerprint density at radius 3 is 2.48 bits per heavy atom. The summed E-state index contributed by atoms with van der Waals surface area (Å²) in [5.41, 5.74) is -1.65. The van der Waals surface area contributed by atoms with Crippen LogP contribution in [0.1, 0.15) is 42.2 Å². The number of benzene rings is 1. The highest BCUT2D eigenvalue weighted by atomic mass is 35.5. The van der Waals surface area contributed by atoms with Crippen molar-refractivity contribution in [3.05, 3.63) is 35.1 Å². The van der Waals surface area contributed by atoms with Crippen molar-refractivity contribution in [2.45, 2.75) is 43.3 Å². The van der Waals surface area contributed by atoms with Crippen molar-refractivity contribution in [3.63, 3.8) is 0 Å². The molecule has 1 aliphatic rings. The van der Waals surface area contributed by atoms with E-state index >= 15 is 0 Å². The second-order valence-electron chi connectivity index (χ2n) is 5.08. The number of nitrogens with one attached hydrogen (secondary N) is 1. The molecule has 0 aromatic heterocycles. The van der Waals surface area contributed by atoms with Gasteiger partial charge in [0.05, 0.1) is 5.56 Å². The lowest BCUT2D eigenvalue weighted by atomic mass is 10.0. The predicted octanol–water partition coefficient (Wildman–Crippen LogP) is 4.18. The summed E-state index contributed by atoms with van der Waals surface area (Å²) in [6, 6.07) is 2.08. The first-order valence-electron chi connectivity index (χ1n) is 6.60. The molecule has 1 N–H and O–H groups in total. The minimum atomic E-state index is -4.77. The van der Waals surface area contributed by atoms with E-state index in [2.05, 4.69) is 5.32 Å². The largest absolute Gasteiger partial charge is 0.416 e. The molecule has 7 heteroatoms. The molecule has 1 aromatic rings. The maximum atomic E-state index is 13.0. The number of alkyl halides is 4. The first-order chi connectivity index (χ1) is 9.79. The summed E-state index contributed by atoms with van der Waals surface area (Å²) in [6.07, 6.45) is -1.22. The van der Waals surface area contributed by atoms with Crippen molar-refractivity contribution in [2.24, 2.45) is 0 Å². The van der Waals surface area contributed by atoms with E-state index in [0.29, 0.717) is 6.07 Å². The molecule has 1 amide bonds. The Labute approximate surface area is 124 Å². The van der Waals surface area contributed by atoms with Gasteiger partial charge in [-0.25, -0.2) is 4.39 Å². The van der Waals surface area contributed by atoms with Gasteiger partial charge in [0.2, 0.25) is 5.91 Å². The van der Waals surface area contributed by atoms with Crippen LogP contribution in [0, 0.1) is 5.82 Å². The molecule has 0 bridgehead atoms. The maximum absolute atomic E-state index is 13.0. The number of carbonyl (C=O) groups excluding carboxylic acids is 1. The van der Waals surface area contributed by atoms with E-state index in [1.807, 2.05) is 0 Å². The van der Waals surface area contributed by atoms with Crippen LogP contribution in [-0.4, -0.2) is 11.9 Å². The van der Waals surface area contributed by atoms with Crippen LogP contribution in [0.4, 0.5) is 17.6 Å². The van der Waals surface area contributed by atoms with E-state index in [-0.39, 0.29) is 6.04 Å². The highest BCUT2D eigenvalue weighted by Crippen LogP contribution is 2.37. The molecule has 116 valence electrons. The Balaban J connectivity index is 2.21. The van der Waals surface area contributed by atoms with Gasteiger partial charge in [-0.05, 0) is 30.5 Å². The van der Waals surface area contributed by atoms with E-state index in [9.17, 15) is 22.4 Å². The third kappa shape index (κ3) is 3.87. The highest BCUT2D eigenvalue weighted by Gasteiger charge is 2.37. The Hall–Kier alpha value is -1.30. The SMILES string of the molecule is O=C(NC1CCCC1)C(Cl)c1ccc(F)cc1C(F)(F)F. The Morgan fingerprint density at radius 2 is 1.90 bits per heavy atom. The molecule has 0 saturated heterocycles. The van der Waals surface area contributed by atoms with E-state index in [1.54, 1.807) is 0 Å². The fraction of sp³-hybridized carbons (Fsp3) is 0.500. The average Bonchev–Trinajstić information content (AvgIpc) is 2.89. The average molecular weight is 324 g/mol. The second kappa shape index (κ2) is 6.22. The molecule has 1 aromatic carbocycles. The summed E-state index contributed by atoms with van der Waals surface area (Å²) in [4.78, 5) is 12.0. The highest BCUT2D eigenvalue weighted by molar-refractivity contribution is 6.30. The van der Waals surface area contributed by atoms with E-state index in [1.165, 1.54) is 0 Å². The normalized spacial score (nSPS) is 17.8. The molecule has 1 saturated carbocycles. The van der Waals surface area contributed by atoms with Crippen LogP contribution in [0.25, 0.3) is 0 Å². The van der Waals surface area contributed by atoms with Crippen LogP contribution < -0.4 is 5.32 Å². The zero-order valence-corrected chi connectivity index (χ0v) is 11.8. The van der Waals surface area contributed by atoms with E-state index in [4.69, 9.17) is 11.6 Å². The number of carbonyl (C=O) groups is 1. The van der Waals surface area contributed by atoms with Gasteiger partial charge in [0.1, 0.15) is 11.2 Å². The zero-order valence-electron chi connectivity index (χ0n) is 11.0. The van der Waals surface area contributed by atoms with Gasteiger partial charge < -0.3 is 5.32 Å². The van der Waals surface area contributed by atoms with Crippen molar-refractivity contribution in [3.8, 4) is 0 Å². The van der Waals surface area contributed by atoms with Gasteiger partial charge in [0, 0.05) is 6.04 Å². The molecule has 1 atom stereocenters. The van der Waals surface area contributed by atoms with Gasteiger partial charge in [0.25, 0.3) is 0 Å². The number of rotatable bonds is 3. The summed E-state index contributed by atoms with van der Waals surface area (Å²) < 4.78 is 51.7. The molecule has 21 heavy (non-hydrogen) atoms. The zero-order chi connectivity index (χ0) is 15.6. The van der Waals surface area contributed by atoms with Crippen LogP contribution in [0.2, 0.25) is 0 Å². The lowest BCUT2D eigenvalue weighted by molar-refractivity contribution is -0.138. The van der Waals surface area contributed by atoms with Crippen molar-refractivity contribution < 1.29 is 22.4 Å². The Bertz CT molecular complexity index is 526. The molecule has 0 aliphatic heterocycles. The van der Waals surface area contributed by atoms with Crippen molar-refractivity contribution in [2.75, 3.05) is 0 Å². The van der Waals surface area contributed by atoms with Crippen LogP contribution in [-0.2, 0) is 11.0 Å².